The number of nitrogens with one attached hydrogen (secondary N) is 1. The van der Waals surface area contributed by atoms with Crippen molar-refractivity contribution < 1.29 is 40.7 Å². The van der Waals surface area contributed by atoms with Gasteiger partial charge in [-0.25, -0.2) is 13.6 Å². The van der Waals surface area contributed by atoms with Crippen molar-refractivity contribution in [2.45, 2.75) is 45.0 Å². The largest absolute Gasteiger partial charge is 0.494 e. The Balaban J connectivity index is 1.98. The number of carboxylic acids is 1. The van der Waals surface area contributed by atoms with Crippen molar-refractivity contribution in [2.75, 3.05) is 13.6 Å². The molecule has 4 aromatic rings. The predicted octanol–water partition coefficient (Wildman–Crippen LogP) is 5.54. The molecule has 4 rings (SSSR count). The van der Waals surface area contributed by atoms with Crippen LogP contribution in [0, 0.1) is 18.6 Å². The van der Waals surface area contributed by atoms with Crippen molar-refractivity contribution >= 4 is 5.97 Å². The summed E-state index contributed by atoms with van der Waals surface area (Å²) in [5.41, 5.74) is -5.30. The summed E-state index contributed by atoms with van der Waals surface area (Å²) in [6.45, 7) is -2.20. The Hall–Kier alpha value is -4.78. The van der Waals surface area contributed by atoms with Gasteiger partial charge in [0.25, 0.3) is 5.56 Å². The zero-order chi connectivity index (χ0) is 35.5. The lowest BCUT2D eigenvalue weighted by molar-refractivity contribution is -0.138. The first kappa shape index (κ1) is 29.0. The molecule has 2 N–H and O–H groups in total. The second kappa shape index (κ2) is 13.9. The summed E-state index contributed by atoms with van der Waals surface area (Å²) in [6, 6.07) is 12.8. The van der Waals surface area contributed by atoms with Crippen LogP contribution in [0.2, 0.25) is 0 Å². The molecule has 0 spiro atoms. The topological polar surface area (TPSA) is 103 Å². The zero-order valence-electron chi connectivity index (χ0n) is 26.9. The minimum Gasteiger partial charge on any atom is -0.494 e. The Morgan fingerprint density at radius 3 is 2.36 bits per heavy atom. The lowest BCUT2D eigenvalue weighted by atomic mass is 10.0. The lowest BCUT2D eigenvalue weighted by Gasteiger charge is -2.23. The standard InChI is InChI=1S/C32H30F5N3O5/c1-19-28(21-11-6-14-26(45-2)29(21)34)30(43)40(18-25(20-9-4-3-5-10-20)38-16-8-15-27(41)42)31(44)39(19)17-22-23(32(35,36)37)12-7-13-24(22)33/h3-7,9-14,25,38H,8,15-18H2,1-2H3,(H,41,42)/t25-/m1/s1/i8D,15D,16D/t8?,15?,16?,25-. The van der Waals surface area contributed by atoms with E-state index in [-0.39, 0.29) is 17.0 Å². The molecule has 3 unspecified atom stereocenters. The molecule has 0 fully saturated rings. The molecule has 4 atom stereocenters. The SMILES string of the molecule is [2H]C(N[C@H](Cn1c(=O)c(-c2cccc(OC)c2F)c(C)n(Cc2c(F)cccc2C(F)(F)F)c1=O)c1ccccc1)C([2H])C([2H])C(=O)O. The summed E-state index contributed by atoms with van der Waals surface area (Å²) in [6.07, 6.45) is -8.87. The van der Waals surface area contributed by atoms with Gasteiger partial charge >= 0.3 is 17.8 Å². The minimum atomic E-state index is -5.02. The third kappa shape index (κ3) is 7.31. The number of hydrogen-bond acceptors (Lipinski definition) is 5. The molecule has 3 aromatic carbocycles. The van der Waals surface area contributed by atoms with Gasteiger partial charge < -0.3 is 15.2 Å². The smallest absolute Gasteiger partial charge is 0.416 e. The van der Waals surface area contributed by atoms with E-state index in [1.807, 2.05) is 0 Å². The monoisotopic (exact) mass is 634 g/mol. The van der Waals surface area contributed by atoms with Gasteiger partial charge in [0.05, 0.1) is 37.4 Å². The number of carbonyl (C=O) groups is 1. The van der Waals surface area contributed by atoms with Crippen molar-refractivity contribution in [1.82, 2.24) is 14.5 Å². The van der Waals surface area contributed by atoms with Crippen LogP contribution in [0.15, 0.2) is 76.3 Å². The van der Waals surface area contributed by atoms with E-state index >= 15 is 8.78 Å². The minimum absolute atomic E-state index is 0.280. The molecule has 1 heterocycles. The van der Waals surface area contributed by atoms with Crippen LogP contribution in [0.4, 0.5) is 22.0 Å². The number of carboxylic acid groups (broad SMARTS) is 1. The fraction of sp³-hybridized carbons (Fsp3) is 0.281. The Labute approximate surface area is 258 Å². The molecular weight excluding hydrogens is 601 g/mol. The molecule has 0 amide bonds. The van der Waals surface area contributed by atoms with E-state index in [4.69, 9.17) is 8.85 Å². The van der Waals surface area contributed by atoms with Crippen LogP contribution in [0.1, 0.15) is 45.3 Å². The van der Waals surface area contributed by atoms with Gasteiger partial charge in [-0.15, -0.1) is 0 Å². The molecule has 13 heteroatoms. The number of ether oxygens (including phenoxy) is 1. The molecule has 0 aliphatic carbocycles. The van der Waals surface area contributed by atoms with Gasteiger partial charge in [0.1, 0.15) is 5.82 Å². The highest BCUT2D eigenvalue weighted by atomic mass is 19.4. The third-order valence-electron chi connectivity index (χ3n) is 7.08. The molecule has 0 aliphatic rings. The molecule has 0 saturated heterocycles. The predicted molar refractivity (Wildman–Crippen MR) is 156 cm³/mol. The molecular formula is C32H30F5N3O5. The number of hydrogen-bond donors (Lipinski definition) is 2. The van der Waals surface area contributed by atoms with Crippen LogP contribution < -0.4 is 21.3 Å². The number of alkyl halides is 3. The summed E-state index contributed by atoms with van der Waals surface area (Å²) in [7, 11) is 1.17. The van der Waals surface area contributed by atoms with Crippen molar-refractivity contribution in [3.8, 4) is 16.9 Å². The van der Waals surface area contributed by atoms with Crippen LogP contribution in [0.5, 0.6) is 5.75 Å². The van der Waals surface area contributed by atoms with Gasteiger partial charge in [-0.05, 0) is 43.6 Å². The fourth-order valence-electron chi connectivity index (χ4n) is 4.89. The van der Waals surface area contributed by atoms with E-state index < -0.39 is 90.2 Å². The molecule has 238 valence electrons. The summed E-state index contributed by atoms with van der Waals surface area (Å²) in [4.78, 5) is 39.5. The van der Waals surface area contributed by atoms with Crippen molar-refractivity contribution in [2.24, 2.45) is 0 Å². The maximum Gasteiger partial charge on any atom is 0.416 e. The van der Waals surface area contributed by atoms with Crippen LogP contribution in [0.25, 0.3) is 11.1 Å². The number of methoxy groups -OCH3 is 1. The van der Waals surface area contributed by atoms with Crippen LogP contribution in [-0.2, 0) is 24.1 Å². The lowest BCUT2D eigenvalue weighted by Crippen LogP contribution is -2.45. The Morgan fingerprint density at radius 1 is 1.02 bits per heavy atom. The van der Waals surface area contributed by atoms with E-state index in [2.05, 4.69) is 5.32 Å². The van der Waals surface area contributed by atoms with Gasteiger partial charge in [-0.3, -0.25) is 18.7 Å². The zero-order valence-corrected chi connectivity index (χ0v) is 23.9. The maximum atomic E-state index is 15.6. The first-order valence-electron chi connectivity index (χ1n) is 15.1. The molecule has 45 heavy (non-hydrogen) atoms. The number of benzene rings is 3. The average Bonchev–Trinajstić information content (AvgIpc) is 3.04. The van der Waals surface area contributed by atoms with Crippen molar-refractivity contribution in [3.05, 3.63) is 122 Å². The highest BCUT2D eigenvalue weighted by Gasteiger charge is 2.35. The highest BCUT2D eigenvalue weighted by Crippen LogP contribution is 2.34. The second-order valence-electron chi connectivity index (χ2n) is 9.82. The molecule has 0 bridgehead atoms. The molecule has 8 nitrogen and oxygen atoms in total. The molecule has 0 radical (unpaired) electrons. The van der Waals surface area contributed by atoms with E-state index in [0.717, 1.165) is 12.1 Å². The number of nitrogens with zero attached hydrogens (tertiary/aromatic N) is 2. The van der Waals surface area contributed by atoms with Gasteiger partial charge in [-0.2, -0.15) is 13.2 Å². The second-order valence-corrected chi connectivity index (χ2v) is 9.82. The summed E-state index contributed by atoms with van der Waals surface area (Å²) in [5, 5.41) is 11.8. The van der Waals surface area contributed by atoms with Gasteiger partial charge in [0.15, 0.2) is 11.6 Å². The van der Waals surface area contributed by atoms with E-state index in [1.165, 1.54) is 44.4 Å². The number of halogens is 5. The van der Waals surface area contributed by atoms with Crippen LogP contribution in [-0.4, -0.2) is 33.8 Å². The maximum absolute atomic E-state index is 15.6. The Kier molecular flexibility index (Phi) is 8.94. The normalized spacial score (nSPS) is 15.3. The quantitative estimate of drug-likeness (QED) is 0.199. The molecule has 0 aliphatic heterocycles. The first-order valence-corrected chi connectivity index (χ1v) is 13.4. The van der Waals surface area contributed by atoms with E-state index in [9.17, 15) is 32.7 Å². The number of rotatable bonds is 12. The highest BCUT2D eigenvalue weighted by molar-refractivity contribution is 5.68. The summed E-state index contributed by atoms with van der Waals surface area (Å²) < 4.78 is 103. The Bertz CT molecular complexity index is 1920. The van der Waals surface area contributed by atoms with E-state index in [0.29, 0.717) is 20.8 Å². The fourth-order valence-corrected chi connectivity index (χ4v) is 4.89. The third-order valence-corrected chi connectivity index (χ3v) is 7.08. The molecule has 0 saturated carbocycles. The van der Waals surface area contributed by atoms with Crippen LogP contribution >= 0.6 is 0 Å². The molecule has 1 aromatic heterocycles. The van der Waals surface area contributed by atoms with Crippen LogP contribution in [0.3, 0.4) is 0 Å². The Morgan fingerprint density at radius 2 is 1.71 bits per heavy atom. The summed E-state index contributed by atoms with van der Waals surface area (Å²) >= 11 is 0. The van der Waals surface area contributed by atoms with E-state index in [1.54, 1.807) is 18.2 Å². The average molecular weight is 635 g/mol. The van der Waals surface area contributed by atoms with Gasteiger partial charge in [0, 0.05) is 27.3 Å². The van der Waals surface area contributed by atoms with Crippen molar-refractivity contribution in [1.29, 1.82) is 0 Å². The first-order chi connectivity index (χ1) is 22.6. The van der Waals surface area contributed by atoms with Crippen molar-refractivity contribution in [3.63, 3.8) is 0 Å². The number of aliphatic carboxylic acids is 1. The van der Waals surface area contributed by atoms with Gasteiger partial charge in [-0.1, -0.05) is 48.5 Å². The summed E-state index contributed by atoms with van der Waals surface area (Å²) in [5.74, 6) is -4.24. The number of aromatic nitrogens is 2. The van der Waals surface area contributed by atoms with Gasteiger partial charge in [0.2, 0.25) is 0 Å².